The first kappa shape index (κ1) is 10.4. The van der Waals surface area contributed by atoms with E-state index in [1.54, 1.807) is 0 Å². The van der Waals surface area contributed by atoms with Crippen molar-refractivity contribution in [2.75, 3.05) is 57.9 Å². The monoisotopic (exact) mass is 190 g/mol. The molecule has 12 heavy (non-hydrogen) atoms. The highest BCUT2D eigenvalue weighted by Crippen LogP contribution is 2.35. The molecule has 1 aliphatic heterocycles. The molecule has 1 heterocycles. The van der Waals surface area contributed by atoms with Crippen LogP contribution >= 0.6 is 10.0 Å². The highest BCUT2D eigenvalue weighted by Gasteiger charge is 2.16. The van der Waals surface area contributed by atoms with E-state index >= 15 is 0 Å². The van der Waals surface area contributed by atoms with Crippen molar-refractivity contribution in [3.05, 3.63) is 0 Å². The minimum atomic E-state index is -0.334. The first-order valence-corrected chi connectivity index (χ1v) is 7.57. The smallest absolute Gasteiger partial charge is 0.0284 e. The number of piperazine rings is 1. The van der Waals surface area contributed by atoms with Gasteiger partial charge in [0.15, 0.2) is 0 Å². The first-order chi connectivity index (χ1) is 5.47. The van der Waals surface area contributed by atoms with E-state index in [1.807, 2.05) is 0 Å². The number of hydrogen-bond donors (Lipinski definition) is 0. The zero-order valence-electron chi connectivity index (χ0n) is 8.84. The van der Waals surface area contributed by atoms with Gasteiger partial charge in [-0.3, -0.25) is 4.90 Å². The zero-order chi connectivity index (χ0) is 9.19. The van der Waals surface area contributed by atoms with Crippen LogP contribution in [0.4, 0.5) is 0 Å². The predicted octanol–water partition coefficient (Wildman–Crippen LogP) is 0.885. The lowest BCUT2D eigenvalue weighted by Gasteiger charge is -2.38. The Morgan fingerprint density at radius 2 is 1.50 bits per heavy atom. The normalized spacial score (nSPS) is 24.3. The van der Waals surface area contributed by atoms with Crippen LogP contribution < -0.4 is 0 Å². The van der Waals surface area contributed by atoms with E-state index in [2.05, 4.69) is 35.6 Å². The fraction of sp³-hybridized carbons (Fsp3) is 1.00. The van der Waals surface area contributed by atoms with Crippen molar-refractivity contribution in [3.8, 4) is 0 Å². The number of rotatable bonds is 2. The zero-order valence-corrected chi connectivity index (χ0v) is 9.65. The number of hydrogen-bond acceptors (Lipinski definition) is 2. The van der Waals surface area contributed by atoms with Crippen LogP contribution in [-0.2, 0) is 0 Å². The minimum absolute atomic E-state index is 0.334. The van der Waals surface area contributed by atoms with E-state index in [1.165, 1.54) is 32.1 Å². The maximum atomic E-state index is 2.61. The van der Waals surface area contributed by atoms with E-state index in [0.29, 0.717) is 0 Å². The van der Waals surface area contributed by atoms with Gasteiger partial charge in [0.25, 0.3) is 0 Å². The summed E-state index contributed by atoms with van der Waals surface area (Å²) in [7, 11) is 1.88. The lowest BCUT2D eigenvalue weighted by molar-refractivity contribution is 0.174. The van der Waals surface area contributed by atoms with E-state index < -0.39 is 0 Å². The van der Waals surface area contributed by atoms with Gasteiger partial charge in [-0.15, -0.1) is 0 Å². The van der Waals surface area contributed by atoms with Gasteiger partial charge in [-0.2, -0.15) is 0 Å². The second kappa shape index (κ2) is 3.99. The van der Waals surface area contributed by atoms with Crippen molar-refractivity contribution in [1.82, 2.24) is 9.80 Å². The van der Waals surface area contributed by atoms with E-state index in [0.717, 1.165) is 0 Å². The van der Waals surface area contributed by atoms with Crippen LogP contribution in [0.5, 0.6) is 0 Å². The summed E-state index contributed by atoms with van der Waals surface area (Å²) in [6.07, 6.45) is 7.18. The Morgan fingerprint density at radius 3 is 1.92 bits per heavy atom. The van der Waals surface area contributed by atoms with Crippen molar-refractivity contribution in [3.63, 3.8) is 0 Å². The summed E-state index contributed by atoms with van der Waals surface area (Å²) in [6, 6.07) is 0. The van der Waals surface area contributed by atoms with Gasteiger partial charge >= 0.3 is 0 Å². The average Bonchev–Trinajstić information content (AvgIpc) is 1.91. The quantitative estimate of drug-likeness (QED) is 0.638. The summed E-state index contributed by atoms with van der Waals surface area (Å²) in [5, 5.41) is 0. The van der Waals surface area contributed by atoms with Crippen LogP contribution in [0.15, 0.2) is 0 Å². The van der Waals surface area contributed by atoms with Crippen LogP contribution in [-0.4, -0.2) is 67.7 Å². The van der Waals surface area contributed by atoms with Crippen molar-refractivity contribution in [2.24, 2.45) is 0 Å². The highest BCUT2D eigenvalue weighted by atomic mass is 32.3. The molecule has 0 saturated carbocycles. The molecule has 0 N–H and O–H groups in total. The molecule has 0 atom stereocenters. The third kappa shape index (κ3) is 3.78. The topological polar surface area (TPSA) is 6.48 Å². The largest absolute Gasteiger partial charge is 0.304 e. The maximum absolute atomic E-state index is 2.61. The number of nitrogens with zero attached hydrogens (tertiary/aromatic N) is 2. The van der Waals surface area contributed by atoms with E-state index in [4.69, 9.17) is 0 Å². The number of likely N-dealkylation sites (N-methyl/N-ethyl adjacent to an activating group) is 1. The van der Waals surface area contributed by atoms with Crippen LogP contribution in [0.3, 0.4) is 0 Å². The molecular formula is C9H22N2S. The molecule has 2 nitrogen and oxygen atoms in total. The Morgan fingerprint density at radius 1 is 1.00 bits per heavy atom. The lowest BCUT2D eigenvalue weighted by Crippen LogP contribution is -2.45. The Kier molecular flexibility index (Phi) is 3.44. The van der Waals surface area contributed by atoms with Crippen molar-refractivity contribution in [2.45, 2.75) is 0 Å². The summed E-state index contributed by atoms with van der Waals surface area (Å²) in [5.41, 5.74) is 0. The minimum Gasteiger partial charge on any atom is -0.304 e. The summed E-state index contributed by atoms with van der Waals surface area (Å²) >= 11 is 0. The molecule has 0 aromatic carbocycles. The Labute approximate surface area is 78.2 Å². The molecule has 1 rings (SSSR count). The molecule has 1 aliphatic rings. The maximum Gasteiger partial charge on any atom is 0.0284 e. The SMILES string of the molecule is CN1CCN(CS(C)(C)C)CC1. The Balaban J connectivity index is 2.26. The molecule has 0 unspecified atom stereocenters. The molecule has 0 spiro atoms. The molecule has 1 fully saturated rings. The molecule has 3 heteroatoms. The second-order valence-corrected chi connectivity index (χ2v) is 9.08. The van der Waals surface area contributed by atoms with Gasteiger partial charge in [-0.05, 0) is 25.8 Å². The molecule has 74 valence electrons. The first-order valence-electron chi connectivity index (χ1n) is 4.54. The molecule has 0 aromatic rings. The molecule has 0 amide bonds. The summed E-state index contributed by atoms with van der Waals surface area (Å²) in [4.78, 5) is 5.02. The van der Waals surface area contributed by atoms with Gasteiger partial charge in [-0.1, -0.05) is 0 Å². The van der Waals surface area contributed by atoms with Gasteiger partial charge < -0.3 is 4.90 Å². The van der Waals surface area contributed by atoms with Crippen molar-refractivity contribution < 1.29 is 0 Å². The molecule has 0 aliphatic carbocycles. The Bertz CT molecular complexity index is 134. The standard InChI is InChI=1S/C9H22N2S/c1-10-5-7-11(8-6-10)9-12(2,3)4/h5-9H2,1-4H3. The van der Waals surface area contributed by atoms with E-state index in [-0.39, 0.29) is 10.0 Å². The molecular weight excluding hydrogens is 168 g/mol. The molecule has 1 saturated heterocycles. The van der Waals surface area contributed by atoms with Gasteiger partial charge in [0.2, 0.25) is 0 Å². The van der Waals surface area contributed by atoms with Crippen molar-refractivity contribution in [1.29, 1.82) is 0 Å². The lowest BCUT2D eigenvalue weighted by atomic mass is 10.4. The summed E-state index contributed by atoms with van der Waals surface area (Å²) in [5.74, 6) is 1.32. The van der Waals surface area contributed by atoms with Gasteiger partial charge in [-0.25, -0.2) is 10.0 Å². The second-order valence-electron chi connectivity index (χ2n) is 4.64. The summed E-state index contributed by atoms with van der Waals surface area (Å²) in [6.45, 7) is 5.02. The van der Waals surface area contributed by atoms with Gasteiger partial charge in [0.05, 0.1) is 0 Å². The van der Waals surface area contributed by atoms with Gasteiger partial charge in [0.1, 0.15) is 0 Å². The molecule has 0 bridgehead atoms. The molecule has 0 aromatic heterocycles. The summed E-state index contributed by atoms with van der Waals surface area (Å²) < 4.78 is 0. The fourth-order valence-electron chi connectivity index (χ4n) is 1.52. The van der Waals surface area contributed by atoms with Crippen LogP contribution in [0, 0.1) is 0 Å². The van der Waals surface area contributed by atoms with Crippen LogP contribution in [0.25, 0.3) is 0 Å². The van der Waals surface area contributed by atoms with Crippen LogP contribution in [0.1, 0.15) is 0 Å². The Hall–Kier alpha value is 0.270. The van der Waals surface area contributed by atoms with E-state index in [9.17, 15) is 0 Å². The predicted molar refractivity (Wildman–Crippen MR) is 59.3 cm³/mol. The third-order valence-electron chi connectivity index (χ3n) is 2.17. The highest BCUT2D eigenvalue weighted by molar-refractivity contribution is 8.32. The third-order valence-corrected chi connectivity index (χ3v) is 3.31. The molecule has 0 radical (unpaired) electrons. The van der Waals surface area contributed by atoms with Gasteiger partial charge in [0, 0.05) is 32.1 Å². The fourth-order valence-corrected chi connectivity index (χ4v) is 2.88. The van der Waals surface area contributed by atoms with Crippen LogP contribution in [0.2, 0.25) is 0 Å². The average molecular weight is 190 g/mol. The van der Waals surface area contributed by atoms with Crippen molar-refractivity contribution >= 4 is 10.0 Å².